The topological polar surface area (TPSA) is 94.6 Å². The lowest BCUT2D eigenvalue weighted by molar-refractivity contribution is 0.120. The minimum Gasteiger partial charge on any atom is -0.468 e. The summed E-state index contributed by atoms with van der Waals surface area (Å²) < 4.78 is 13.1. The molecule has 0 saturated carbocycles. The van der Waals surface area contributed by atoms with E-state index < -0.39 is 0 Å². The Kier molecular flexibility index (Phi) is 8.09. The zero-order valence-electron chi connectivity index (χ0n) is 18.9. The van der Waals surface area contributed by atoms with Gasteiger partial charge in [0, 0.05) is 39.3 Å². The van der Waals surface area contributed by atoms with Crippen LogP contribution < -0.4 is 15.2 Å². The molecule has 1 aliphatic rings. The summed E-state index contributed by atoms with van der Waals surface area (Å²) in [5.41, 5.74) is 7.36. The van der Waals surface area contributed by atoms with Gasteiger partial charge in [-0.2, -0.15) is 15.0 Å². The first-order valence-corrected chi connectivity index (χ1v) is 11.2. The lowest BCUT2D eigenvalue weighted by Gasteiger charge is -2.35. The number of nitrogen functional groups attached to an aromatic ring is 1. The molecule has 1 aliphatic heterocycles. The van der Waals surface area contributed by atoms with Gasteiger partial charge < -0.3 is 25.0 Å². The van der Waals surface area contributed by atoms with Crippen molar-refractivity contribution < 1.29 is 9.47 Å². The van der Waals surface area contributed by atoms with Crippen molar-refractivity contribution >= 4 is 17.0 Å². The van der Waals surface area contributed by atoms with Crippen molar-refractivity contribution in [3.05, 3.63) is 0 Å². The van der Waals surface area contributed by atoms with E-state index in [0.29, 0.717) is 35.6 Å². The van der Waals surface area contributed by atoms with Gasteiger partial charge >= 0.3 is 6.01 Å². The molecule has 0 unspecified atom stereocenters. The highest BCUT2D eigenvalue weighted by atomic mass is 16.5. The van der Waals surface area contributed by atoms with E-state index in [4.69, 9.17) is 15.2 Å². The number of hydrogen-bond acceptors (Lipinski definition) is 8. The fraction of sp³-hybridized carbons (Fsp3) is 0.762. The highest BCUT2D eigenvalue weighted by molar-refractivity contribution is 5.83. The van der Waals surface area contributed by atoms with Crippen molar-refractivity contribution in [2.45, 2.75) is 46.6 Å². The highest BCUT2D eigenvalue weighted by Crippen LogP contribution is 2.25. The van der Waals surface area contributed by atoms with Crippen molar-refractivity contribution in [2.75, 3.05) is 58.7 Å². The first kappa shape index (κ1) is 22.6. The molecule has 1 saturated heterocycles. The molecule has 0 aromatic carbocycles. The Morgan fingerprint density at radius 3 is 2.40 bits per heavy atom. The summed E-state index contributed by atoms with van der Waals surface area (Å²) in [6.07, 6.45) is 2.99. The van der Waals surface area contributed by atoms with Gasteiger partial charge in [0.2, 0.25) is 0 Å². The second-order valence-corrected chi connectivity index (χ2v) is 8.41. The predicted molar refractivity (Wildman–Crippen MR) is 119 cm³/mol. The van der Waals surface area contributed by atoms with Gasteiger partial charge in [-0.25, -0.2) is 0 Å². The molecule has 9 heteroatoms. The molecule has 0 atom stereocenters. The van der Waals surface area contributed by atoms with Crippen LogP contribution in [-0.4, -0.2) is 82.3 Å². The number of methoxy groups -OCH3 is 1. The third-order valence-electron chi connectivity index (χ3n) is 5.42. The SMILES string of the molecule is CCCCOc1nc(N)c2nc(OC)n(CCCN3CCN(CC(C)C)CC3)c2n1. The molecule has 2 aromatic heterocycles. The molecular formula is C21H37N7O2. The van der Waals surface area contributed by atoms with Crippen molar-refractivity contribution in [2.24, 2.45) is 5.92 Å². The molecule has 0 aliphatic carbocycles. The van der Waals surface area contributed by atoms with Gasteiger partial charge in [-0.3, -0.25) is 4.57 Å². The Labute approximate surface area is 179 Å². The molecule has 2 aromatic rings. The van der Waals surface area contributed by atoms with Crippen molar-refractivity contribution in [3.63, 3.8) is 0 Å². The Morgan fingerprint density at radius 2 is 1.73 bits per heavy atom. The minimum absolute atomic E-state index is 0.304. The normalized spacial score (nSPS) is 15.9. The Hall–Kier alpha value is -2.13. The van der Waals surface area contributed by atoms with E-state index in [1.54, 1.807) is 7.11 Å². The van der Waals surface area contributed by atoms with E-state index in [-0.39, 0.29) is 0 Å². The standard InChI is InChI=1S/C21H37N7O2/c1-5-6-14-30-20-24-18(22)17-19(25-20)28(21(23-17)29-4)9-7-8-26-10-12-27(13-11-26)15-16(2)3/h16H,5-15H2,1-4H3,(H2,22,24,25). The van der Waals surface area contributed by atoms with Gasteiger partial charge in [0.15, 0.2) is 17.0 Å². The van der Waals surface area contributed by atoms with Crippen LogP contribution >= 0.6 is 0 Å². The predicted octanol–water partition coefficient (Wildman–Crippen LogP) is 2.26. The number of imidazole rings is 1. The first-order chi connectivity index (χ1) is 14.5. The van der Waals surface area contributed by atoms with E-state index in [9.17, 15) is 0 Å². The van der Waals surface area contributed by atoms with E-state index in [0.717, 1.165) is 64.4 Å². The number of nitrogens with zero attached hydrogens (tertiary/aromatic N) is 6. The highest BCUT2D eigenvalue weighted by Gasteiger charge is 2.20. The summed E-state index contributed by atoms with van der Waals surface area (Å²) in [7, 11) is 1.62. The number of hydrogen-bond donors (Lipinski definition) is 1. The maximum Gasteiger partial charge on any atom is 0.320 e. The quantitative estimate of drug-likeness (QED) is 0.554. The molecule has 3 rings (SSSR count). The van der Waals surface area contributed by atoms with E-state index in [2.05, 4.69) is 45.5 Å². The van der Waals surface area contributed by atoms with Crippen molar-refractivity contribution in [1.29, 1.82) is 0 Å². The molecule has 2 N–H and O–H groups in total. The molecule has 0 spiro atoms. The number of anilines is 1. The van der Waals surface area contributed by atoms with Gasteiger partial charge in [0.1, 0.15) is 0 Å². The number of aromatic nitrogens is 4. The van der Waals surface area contributed by atoms with E-state index >= 15 is 0 Å². The van der Waals surface area contributed by atoms with Crippen molar-refractivity contribution in [3.8, 4) is 12.0 Å². The number of fused-ring (bicyclic) bond motifs is 1. The Balaban J connectivity index is 1.62. The number of piperazine rings is 1. The van der Waals surface area contributed by atoms with Crippen LogP contribution in [0.15, 0.2) is 0 Å². The molecule has 168 valence electrons. The van der Waals surface area contributed by atoms with Crippen LogP contribution in [0.5, 0.6) is 12.0 Å². The van der Waals surface area contributed by atoms with Crippen LogP contribution in [0.2, 0.25) is 0 Å². The average molecular weight is 420 g/mol. The van der Waals surface area contributed by atoms with Gasteiger partial charge in [-0.05, 0) is 25.3 Å². The fourth-order valence-electron chi connectivity index (χ4n) is 3.88. The number of ether oxygens (including phenoxy) is 2. The zero-order chi connectivity index (χ0) is 21.5. The van der Waals surface area contributed by atoms with Crippen LogP contribution in [0.25, 0.3) is 11.2 Å². The summed E-state index contributed by atoms with van der Waals surface area (Å²) in [5, 5.41) is 0. The summed E-state index contributed by atoms with van der Waals surface area (Å²) >= 11 is 0. The Morgan fingerprint density at radius 1 is 1.00 bits per heavy atom. The summed E-state index contributed by atoms with van der Waals surface area (Å²) in [6, 6.07) is 0.817. The van der Waals surface area contributed by atoms with Crippen LogP contribution in [0.3, 0.4) is 0 Å². The van der Waals surface area contributed by atoms with Crippen molar-refractivity contribution in [1.82, 2.24) is 29.3 Å². The number of unbranched alkanes of at least 4 members (excludes halogenated alkanes) is 1. The fourth-order valence-corrected chi connectivity index (χ4v) is 3.88. The largest absolute Gasteiger partial charge is 0.468 e. The number of aryl methyl sites for hydroxylation is 1. The van der Waals surface area contributed by atoms with Gasteiger partial charge in [-0.15, -0.1) is 0 Å². The molecule has 0 radical (unpaired) electrons. The van der Waals surface area contributed by atoms with Gasteiger partial charge in [0.05, 0.1) is 13.7 Å². The Bertz CT molecular complexity index is 800. The molecule has 0 bridgehead atoms. The molecule has 30 heavy (non-hydrogen) atoms. The van der Waals surface area contributed by atoms with E-state index in [1.165, 1.54) is 6.54 Å². The summed E-state index contributed by atoms with van der Waals surface area (Å²) in [6.45, 7) is 14.8. The summed E-state index contributed by atoms with van der Waals surface area (Å²) in [4.78, 5) is 18.4. The lowest BCUT2D eigenvalue weighted by atomic mass is 10.2. The third-order valence-corrected chi connectivity index (χ3v) is 5.42. The maximum atomic E-state index is 6.12. The monoisotopic (exact) mass is 419 g/mol. The molecule has 3 heterocycles. The van der Waals surface area contributed by atoms with Crippen LogP contribution in [0, 0.1) is 5.92 Å². The summed E-state index contributed by atoms with van der Waals surface area (Å²) in [5.74, 6) is 1.05. The van der Waals surface area contributed by atoms with E-state index in [1.807, 2.05) is 4.57 Å². The first-order valence-electron chi connectivity index (χ1n) is 11.2. The van der Waals surface area contributed by atoms with Gasteiger partial charge in [0.25, 0.3) is 6.01 Å². The number of nitrogens with two attached hydrogens (primary N) is 1. The molecule has 1 fully saturated rings. The lowest BCUT2D eigenvalue weighted by Crippen LogP contribution is -2.47. The molecular weight excluding hydrogens is 382 g/mol. The van der Waals surface area contributed by atoms with Crippen LogP contribution in [-0.2, 0) is 6.54 Å². The second kappa shape index (κ2) is 10.8. The minimum atomic E-state index is 0.304. The number of rotatable bonds is 11. The van der Waals surface area contributed by atoms with Gasteiger partial charge in [-0.1, -0.05) is 27.2 Å². The molecule has 0 amide bonds. The smallest absolute Gasteiger partial charge is 0.320 e. The van der Waals surface area contributed by atoms with Crippen LogP contribution in [0.1, 0.15) is 40.0 Å². The third kappa shape index (κ3) is 5.72. The second-order valence-electron chi connectivity index (χ2n) is 8.41. The average Bonchev–Trinajstić information content (AvgIpc) is 3.07. The maximum absolute atomic E-state index is 6.12. The van der Waals surface area contributed by atoms with Crippen LogP contribution in [0.4, 0.5) is 5.82 Å². The molecule has 9 nitrogen and oxygen atoms in total. The zero-order valence-corrected chi connectivity index (χ0v) is 18.9.